The van der Waals surface area contributed by atoms with Crippen molar-refractivity contribution >= 4 is 17.1 Å². The van der Waals surface area contributed by atoms with Crippen LogP contribution < -0.4 is 10.5 Å². The third kappa shape index (κ3) is 1.93. The number of aromatic nitrogens is 4. The highest BCUT2D eigenvalue weighted by Gasteiger charge is 2.18. The van der Waals surface area contributed by atoms with E-state index in [-0.39, 0.29) is 5.75 Å². The van der Waals surface area contributed by atoms with E-state index in [1.165, 1.54) is 13.2 Å². The van der Waals surface area contributed by atoms with E-state index in [0.29, 0.717) is 18.2 Å². The van der Waals surface area contributed by atoms with Crippen LogP contribution in [0.4, 0.5) is 10.3 Å². The molecule has 1 aromatic carbocycles. The largest absolute Gasteiger partial charge is 0.494 e. The predicted octanol–water partition coefficient (Wildman–Crippen LogP) is 2.28. The third-order valence-corrected chi connectivity index (χ3v) is 3.43. The molecule has 0 aliphatic heterocycles. The quantitative estimate of drug-likeness (QED) is 0.803. The van der Waals surface area contributed by atoms with Crippen LogP contribution >= 0.6 is 0 Å². The molecule has 0 fully saturated rings. The molecule has 0 aliphatic carbocycles. The van der Waals surface area contributed by atoms with Crippen molar-refractivity contribution < 1.29 is 9.13 Å². The number of ether oxygens (including phenoxy) is 1. The zero-order valence-electron chi connectivity index (χ0n) is 12.1. The lowest BCUT2D eigenvalue weighted by Crippen LogP contribution is -2.07. The van der Waals surface area contributed by atoms with Gasteiger partial charge in [0.2, 0.25) is 5.95 Å². The zero-order valence-corrected chi connectivity index (χ0v) is 12.1. The molecule has 3 aromatic rings. The summed E-state index contributed by atoms with van der Waals surface area (Å²) in [6, 6.07) is 4.68. The number of halogens is 1. The molecule has 0 saturated heterocycles. The molecule has 0 saturated carbocycles. The summed E-state index contributed by atoms with van der Waals surface area (Å²) in [6.45, 7) is 4.53. The van der Waals surface area contributed by atoms with Gasteiger partial charge in [-0.05, 0) is 26.0 Å². The van der Waals surface area contributed by atoms with E-state index in [1.807, 2.05) is 13.8 Å². The second kappa shape index (κ2) is 4.76. The number of rotatable bonds is 3. The van der Waals surface area contributed by atoms with Crippen LogP contribution in [-0.4, -0.2) is 26.4 Å². The predicted molar refractivity (Wildman–Crippen MR) is 78.2 cm³/mol. The van der Waals surface area contributed by atoms with Gasteiger partial charge in [0.05, 0.1) is 18.5 Å². The first kappa shape index (κ1) is 13.4. The van der Waals surface area contributed by atoms with Crippen molar-refractivity contribution in [3.8, 4) is 11.4 Å². The smallest absolute Gasteiger partial charge is 0.207 e. The lowest BCUT2D eigenvalue weighted by atomic mass is 10.3. The lowest BCUT2D eigenvalue weighted by Gasteiger charge is -2.09. The Hall–Kier alpha value is -2.57. The molecule has 110 valence electrons. The minimum absolute atomic E-state index is 0.189. The van der Waals surface area contributed by atoms with Gasteiger partial charge in [0, 0.05) is 12.6 Å². The summed E-state index contributed by atoms with van der Waals surface area (Å²) in [5.41, 5.74) is 8.87. The van der Waals surface area contributed by atoms with Crippen LogP contribution in [0.5, 0.6) is 5.75 Å². The van der Waals surface area contributed by atoms with Gasteiger partial charge in [-0.2, -0.15) is 5.10 Å². The number of benzene rings is 1. The Morgan fingerprint density at radius 3 is 2.76 bits per heavy atom. The SMILES string of the molecule is CCn1nc(C)c2nc(N)n(-c3ccc(OC)c(F)c3)c21. The van der Waals surface area contributed by atoms with Crippen molar-refractivity contribution in [3.05, 3.63) is 29.7 Å². The molecule has 0 aliphatic rings. The first-order chi connectivity index (χ1) is 10.1. The van der Waals surface area contributed by atoms with Crippen LogP contribution in [0, 0.1) is 12.7 Å². The van der Waals surface area contributed by atoms with Gasteiger partial charge in [0.25, 0.3) is 0 Å². The third-order valence-electron chi connectivity index (χ3n) is 3.43. The van der Waals surface area contributed by atoms with E-state index >= 15 is 0 Å². The van der Waals surface area contributed by atoms with Gasteiger partial charge in [-0.1, -0.05) is 0 Å². The number of hydrogen-bond acceptors (Lipinski definition) is 4. The highest BCUT2D eigenvalue weighted by Crippen LogP contribution is 2.27. The van der Waals surface area contributed by atoms with Crippen molar-refractivity contribution in [3.63, 3.8) is 0 Å². The van der Waals surface area contributed by atoms with Gasteiger partial charge in [0.1, 0.15) is 5.52 Å². The van der Waals surface area contributed by atoms with E-state index in [4.69, 9.17) is 10.5 Å². The van der Waals surface area contributed by atoms with Crippen molar-refractivity contribution in [2.75, 3.05) is 12.8 Å². The molecular weight excluding hydrogens is 273 g/mol. The van der Waals surface area contributed by atoms with Gasteiger partial charge in [-0.15, -0.1) is 0 Å². The van der Waals surface area contributed by atoms with Gasteiger partial charge in [-0.3, -0.25) is 4.57 Å². The summed E-state index contributed by atoms with van der Waals surface area (Å²) >= 11 is 0. The highest BCUT2D eigenvalue weighted by atomic mass is 19.1. The standard InChI is InChI=1S/C14H16FN5O/c1-4-19-13-12(8(2)18-19)17-14(16)20(13)9-5-6-11(21-3)10(15)7-9/h5-7H,4H2,1-3H3,(H2,16,17). The molecule has 6 nitrogen and oxygen atoms in total. The Morgan fingerprint density at radius 2 is 2.14 bits per heavy atom. The average Bonchev–Trinajstić information content (AvgIpc) is 2.95. The molecule has 3 rings (SSSR count). The second-order valence-electron chi connectivity index (χ2n) is 4.70. The number of aryl methyl sites for hydroxylation is 2. The van der Waals surface area contributed by atoms with Gasteiger partial charge >= 0.3 is 0 Å². The van der Waals surface area contributed by atoms with E-state index in [2.05, 4.69) is 10.1 Å². The first-order valence-electron chi connectivity index (χ1n) is 6.62. The monoisotopic (exact) mass is 289 g/mol. The first-order valence-corrected chi connectivity index (χ1v) is 6.62. The molecule has 21 heavy (non-hydrogen) atoms. The number of nitrogen functional groups attached to an aromatic ring is 1. The topological polar surface area (TPSA) is 70.9 Å². The maximum atomic E-state index is 13.9. The summed E-state index contributed by atoms with van der Waals surface area (Å²) in [7, 11) is 1.43. The fourth-order valence-corrected chi connectivity index (χ4v) is 2.45. The highest BCUT2D eigenvalue weighted by molar-refractivity contribution is 5.80. The number of nitrogens with two attached hydrogens (primary N) is 1. The van der Waals surface area contributed by atoms with Crippen molar-refractivity contribution in [1.82, 2.24) is 19.3 Å². The molecule has 7 heteroatoms. The Labute approximate surface area is 120 Å². The van der Waals surface area contributed by atoms with Crippen LogP contribution in [0.3, 0.4) is 0 Å². The van der Waals surface area contributed by atoms with Crippen LogP contribution in [0.1, 0.15) is 12.6 Å². The molecular formula is C14H16FN5O. The normalized spacial score (nSPS) is 11.2. The molecule has 0 radical (unpaired) electrons. The van der Waals surface area contributed by atoms with Crippen molar-refractivity contribution in [2.45, 2.75) is 20.4 Å². The fraction of sp³-hybridized carbons (Fsp3) is 0.286. The van der Waals surface area contributed by atoms with E-state index in [1.54, 1.807) is 21.4 Å². The Kier molecular flexibility index (Phi) is 3.04. The zero-order chi connectivity index (χ0) is 15.1. The molecule has 0 atom stereocenters. The van der Waals surface area contributed by atoms with Gasteiger partial charge in [-0.25, -0.2) is 14.1 Å². The number of nitrogens with zero attached hydrogens (tertiary/aromatic N) is 4. The minimum atomic E-state index is -0.449. The summed E-state index contributed by atoms with van der Waals surface area (Å²) in [6.07, 6.45) is 0. The van der Waals surface area contributed by atoms with Gasteiger partial charge in [0.15, 0.2) is 17.2 Å². The molecule has 0 bridgehead atoms. The summed E-state index contributed by atoms with van der Waals surface area (Å²) in [5.74, 6) is 0.0432. The number of methoxy groups -OCH3 is 1. The maximum Gasteiger partial charge on any atom is 0.207 e. The molecule has 0 amide bonds. The number of fused-ring (bicyclic) bond motifs is 1. The van der Waals surface area contributed by atoms with Crippen molar-refractivity contribution in [1.29, 1.82) is 0 Å². The second-order valence-corrected chi connectivity index (χ2v) is 4.70. The average molecular weight is 289 g/mol. The number of anilines is 1. The Balaban J connectivity index is 2.29. The van der Waals surface area contributed by atoms with Crippen LogP contribution in [0.2, 0.25) is 0 Å². The van der Waals surface area contributed by atoms with E-state index in [0.717, 1.165) is 16.9 Å². The summed E-state index contributed by atoms with van der Waals surface area (Å²) < 4.78 is 22.4. The molecule has 2 aromatic heterocycles. The van der Waals surface area contributed by atoms with Crippen LogP contribution in [0.15, 0.2) is 18.2 Å². The Morgan fingerprint density at radius 1 is 1.38 bits per heavy atom. The van der Waals surface area contributed by atoms with Crippen LogP contribution in [0.25, 0.3) is 16.9 Å². The lowest BCUT2D eigenvalue weighted by molar-refractivity contribution is 0.386. The molecule has 0 spiro atoms. The van der Waals surface area contributed by atoms with E-state index < -0.39 is 5.82 Å². The van der Waals surface area contributed by atoms with Gasteiger partial charge < -0.3 is 10.5 Å². The maximum absolute atomic E-state index is 13.9. The number of hydrogen-bond donors (Lipinski definition) is 1. The summed E-state index contributed by atoms with van der Waals surface area (Å²) in [4.78, 5) is 4.33. The van der Waals surface area contributed by atoms with E-state index in [9.17, 15) is 4.39 Å². The van der Waals surface area contributed by atoms with Crippen LogP contribution in [-0.2, 0) is 6.54 Å². The number of imidazole rings is 1. The Bertz CT molecular complexity index is 820. The summed E-state index contributed by atoms with van der Waals surface area (Å²) in [5, 5.41) is 4.41. The molecule has 2 N–H and O–H groups in total. The fourth-order valence-electron chi connectivity index (χ4n) is 2.45. The van der Waals surface area contributed by atoms with Crippen molar-refractivity contribution in [2.24, 2.45) is 0 Å². The molecule has 2 heterocycles. The minimum Gasteiger partial charge on any atom is -0.494 e. The molecule has 0 unspecified atom stereocenters.